The number of halogens is 2. The van der Waals surface area contributed by atoms with Gasteiger partial charge in [-0.05, 0) is 32.3 Å². The molecule has 22 heavy (non-hydrogen) atoms. The molecule has 1 saturated heterocycles. The van der Waals surface area contributed by atoms with E-state index in [1.807, 2.05) is 0 Å². The third kappa shape index (κ3) is 4.11. The summed E-state index contributed by atoms with van der Waals surface area (Å²) in [6, 6.07) is 1.56. The molecule has 0 N–H and O–H groups in total. The van der Waals surface area contributed by atoms with Gasteiger partial charge in [-0.15, -0.1) is 0 Å². The molecule has 2 atom stereocenters. The van der Waals surface area contributed by atoms with Crippen LogP contribution in [0.4, 0.5) is 14.5 Å². The highest BCUT2D eigenvalue weighted by Crippen LogP contribution is 2.31. The van der Waals surface area contributed by atoms with E-state index in [9.17, 15) is 18.9 Å². The first kappa shape index (κ1) is 16.6. The van der Waals surface area contributed by atoms with E-state index in [-0.39, 0.29) is 12.9 Å². The summed E-state index contributed by atoms with van der Waals surface area (Å²) in [5.74, 6) is -3.30. The molecule has 2 rings (SSSR count). The van der Waals surface area contributed by atoms with E-state index in [4.69, 9.17) is 14.2 Å². The Morgan fingerprint density at radius 3 is 2.86 bits per heavy atom. The molecule has 6 nitrogen and oxygen atoms in total. The molecule has 1 aliphatic heterocycles. The predicted molar refractivity (Wildman–Crippen MR) is 72.6 cm³/mol. The second-order valence-electron chi connectivity index (χ2n) is 5.02. The molecular weight excluding hydrogens is 300 g/mol. The number of rotatable bonds is 6. The molecule has 0 spiro atoms. The lowest BCUT2D eigenvalue weighted by Gasteiger charge is -2.26. The van der Waals surface area contributed by atoms with Crippen LogP contribution in [0, 0.1) is 21.7 Å². The van der Waals surface area contributed by atoms with Gasteiger partial charge in [0.25, 0.3) is 0 Å². The lowest BCUT2D eigenvalue weighted by atomic mass is 10.2. The van der Waals surface area contributed by atoms with Gasteiger partial charge >= 0.3 is 5.69 Å². The first-order valence-electron chi connectivity index (χ1n) is 7.01. The quantitative estimate of drug-likeness (QED) is 0.595. The van der Waals surface area contributed by atoms with Gasteiger partial charge in [0.15, 0.2) is 12.1 Å². The van der Waals surface area contributed by atoms with Crippen LogP contribution in [0.1, 0.15) is 26.2 Å². The van der Waals surface area contributed by atoms with Crippen molar-refractivity contribution in [2.45, 2.75) is 38.6 Å². The molecular formula is C14H17F2NO5. The summed E-state index contributed by atoms with van der Waals surface area (Å²) >= 11 is 0. The lowest BCUT2D eigenvalue weighted by Crippen LogP contribution is -2.29. The van der Waals surface area contributed by atoms with Gasteiger partial charge in [0, 0.05) is 12.7 Å². The van der Waals surface area contributed by atoms with E-state index in [0.717, 1.165) is 25.3 Å². The normalized spacial score (nSPS) is 19.7. The van der Waals surface area contributed by atoms with Crippen LogP contribution in [0.5, 0.6) is 5.75 Å². The number of nitro benzene ring substituents is 1. The molecule has 0 saturated carbocycles. The number of ether oxygens (including phenoxy) is 3. The molecule has 122 valence electrons. The van der Waals surface area contributed by atoms with Crippen molar-refractivity contribution in [3.63, 3.8) is 0 Å². The maximum atomic E-state index is 13.7. The summed E-state index contributed by atoms with van der Waals surface area (Å²) in [5, 5.41) is 10.8. The average Bonchev–Trinajstić information content (AvgIpc) is 2.49. The maximum absolute atomic E-state index is 13.7. The van der Waals surface area contributed by atoms with E-state index < -0.39 is 34.1 Å². The molecule has 1 aromatic rings. The van der Waals surface area contributed by atoms with E-state index in [1.165, 1.54) is 0 Å². The maximum Gasteiger partial charge on any atom is 0.314 e. The Balaban J connectivity index is 1.98. The minimum atomic E-state index is -1.38. The molecule has 1 heterocycles. The Labute approximate surface area is 126 Å². The van der Waals surface area contributed by atoms with Crippen molar-refractivity contribution in [1.82, 2.24) is 0 Å². The zero-order valence-electron chi connectivity index (χ0n) is 12.1. The highest BCUT2D eigenvalue weighted by Gasteiger charge is 2.24. The second kappa shape index (κ2) is 7.46. The van der Waals surface area contributed by atoms with Crippen molar-refractivity contribution >= 4 is 5.69 Å². The molecule has 0 radical (unpaired) electrons. The second-order valence-corrected chi connectivity index (χ2v) is 5.02. The van der Waals surface area contributed by atoms with Gasteiger partial charge in [-0.3, -0.25) is 10.1 Å². The highest BCUT2D eigenvalue weighted by molar-refractivity contribution is 5.47. The molecule has 2 unspecified atom stereocenters. The smallest absolute Gasteiger partial charge is 0.314 e. The zero-order valence-corrected chi connectivity index (χ0v) is 12.1. The first-order valence-corrected chi connectivity index (χ1v) is 7.01. The third-order valence-corrected chi connectivity index (χ3v) is 3.21. The Morgan fingerprint density at radius 1 is 1.45 bits per heavy atom. The SMILES string of the molecule is CC(COc1c([N+](=O)[O-])ccc(F)c1F)OC1CCCCO1. The minimum absolute atomic E-state index is 0.152. The van der Waals surface area contributed by atoms with Gasteiger partial charge in [-0.2, -0.15) is 4.39 Å². The molecule has 1 fully saturated rings. The van der Waals surface area contributed by atoms with Crippen molar-refractivity contribution in [1.29, 1.82) is 0 Å². The summed E-state index contributed by atoms with van der Waals surface area (Å²) in [7, 11) is 0. The number of nitrogens with zero attached hydrogens (tertiary/aromatic N) is 1. The van der Waals surface area contributed by atoms with Gasteiger partial charge in [0.2, 0.25) is 11.6 Å². The van der Waals surface area contributed by atoms with Gasteiger partial charge < -0.3 is 14.2 Å². The van der Waals surface area contributed by atoms with E-state index in [1.54, 1.807) is 6.92 Å². The first-order chi connectivity index (χ1) is 10.5. The van der Waals surface area contributed by atoms with Crippen molar-refractivity contribution < 1.29 is 27.9 Å². The van der Waals surface area contributed by atoms with Crippen LogP contribution >= 0.6 is 0 Å². The summed E-state index contributed by atoms with van der Waals surface area (Å²) in [6.45, 7) is 2.13. The van der Waals surface area contributed by atoms with Crippen LogP contribution in [0.25, 0.3) is 0 Å². The number of benzene rings is 1. The Hall–Kier alpha value is -1.80. The van der Waals surface area contributed by atoms with Crippen LogP contribution in [0.3, 0.4) is 0 Å². The molecule has 0 amide bonds. The summed E-state index contributed by atoms with van der Waals surface area (Å²) in [5.41, 5.74) is -0.625. The van der Waals surface area contributed by atoms with Crippen LogP contribution in [-0.2, 0) is 9.47 Å². The third-order valence-electron chi connectivity index (χ3n) is 3.21. The lowest BCUT2D eigenvalue weighted by molar-refractivity contribution is -0.386. The summed E-state index contributed by atoms with van der Waals surface area (Å²) in [6.07, 6.45) is 1.87. The largest absolute Gasteiger partial charge is 0.482 e. The monoisotopic (exact) mass is 317 g/mol. The molecule has 1 aliphatic rings. The van der Waals surface area contributed by atoms with Crippen LogP contribution < -0.4 is 4.74 Å². The summed E-state index contributed by atoms with van der Waals surface area (Å²) < 4.78 is 42.9. The fourth-order valence-corrected chi connectivity index (χ4v) is 2.12. The van der Waals surface area contributed by atoms with Gasteiger partial charge in [0.1, 0.15) is 6.61 Å². The van der Waals surface area contributed by atoms with Gasteiger partial charge in [0.05, 0.1) is 11.0 Å². The Bertz CT molecular complexity index is 534. The molecule has 0 aliphatic carbocycles. The fraction of sp³-hybridized carbons (Fsp3) is 0.571. The van der Waals surface area contributed by atoms with Crippen LogP contribution in [-0.4, -0.2) is 30.5 Å². The topological polar surface area (TPSA) is 70.8 Å². The van der Waals surface area contributed by atoms with E-state index >= 15 is 0 Å². The zero-order chi connectivity index (χ0) is 16.1. The van der Waals surface area contributed by atoms with E-state index in [0.29, 0.717) is 12.7 Å². The van der Waals surface area contributed by atoms with E-state index in [2.05, 4.69) is 0 Å². The number of nitro groups is 1. The van der Waals surface area contributed by atoms with Crippen LogP contribution in [0.15, 0.2) is 12.1 Å². The Kier molecular flexibility index (Phi) is 5.62. The van der Waals surface area contributed by atoms with Crippen LogP contribution in [0.2, 0.25) is 0 Å². The molecule has 1 aromatic carbocycles. The highest BCUT2D eigenvalue weighted by atomic mass is 19.2. The van der Waals surface area contributed by atoms with Crippen molar-refractivity contribution in [2.24, 2.45) is 0 Å². The van der Waals surface area contributed by atoms with Gasteiger partial charge in [-0.25, -0.2) is 4.39 Å². The van der Waals surface area contributed by atoms with Gasteiger partial charge in [-0.1, -0.05) is 0 Å². The number of hydrogen-bond acceptors (Lipinski definition) is 5. The molecule has 8 heteroatoms. The van der Waals surface area contributed by atoms with Crippen molar-refractivity contribution in [3.8, 4) is 5.75 Å². The minimum Gasteiger partial charge on any atom is -0.482 e. The molecule has 0 aromatic heterocycles. The summed E-state index contributed by atoms with van der Waals surface area (Å²) in [4.78, 5) is 10.0. The standard InChI is InChI=1S/C14H17F2NO5/c1-9(22-12-4-2-3-7-20-12)8-21-14-11(17(18)19)6-5-10(15)13(14)16/h5-6,9,12H,2-4,7-8H2,1H3. The van der Waals surface area contributed by atoms with Crippen molar-refractivity contribution in [3.05, 3.63) is 33.9 Å². The fourth-order valence-electron chi connectivity index (χ4n) is 2.12. The predicted octanol–water partition coefficient (Wildman–Crippen LogP) is 3.18. The molecule has 0 bridgehead atoms. The number of hydrogen-bond donors (Lipinski definition) is 0. The Morgan fingerprint density at radius 2 is 2.23 bits per heavy atom. The van der Waals surface area contributed by atoms with Crippen molar-refractivity contribution in [2.75, 3.05) is 13.2 Å². The average molecular weight is 317 g/mol.